The van der Waals surface area contributed by atoms with Crippen LogP contribution in [0.3, 0.4) is 0 Å². The molecule has 0 bridgehead atoms. The zero-order chi connectivity index (χ0) is 40.7. The molecule has 0 aliphatic rings. The van der Waals surface area contributed by atoms with Gasteiger partial charge in [-0.25, -0.2) is 52.6 Å². The van der Waals surface area contributed by atoms with Crippen LogP contribution in [-0.2, 0) is 40.1 Å². The van der Waals surface area contributed by atoms with Crippen LogP contribution in [0.5, 0.6) is 0 Å². The van der Waals surface area contributed by atoms with Gasteiger partial charge >= 0.3 is 3.41 Å². The molecule has 0 saturated carbocycles. The molecule has 0 aromatic carbocycles. The van der Waals surface area contributed by atoms with Crippen LogP contribution in [0.2, 0.25) is 0 Å². The number of nitriles is 4. The second-order valence-electron chi connectivity index (χ2n) is 13.2. The second-order valence-corrected chi connectivity index (χ2v) is 21.8. The topological polar surface area (TPSA) is 280 Å². The van der Waals surface area contributed by atoms with Gasteiger partial charge in [-0.15, -0.1) is 0 Å². The fraction of sp³-hybridized carbons (Fsp3) is 0.882. The lowest BCUT2D eigenvalue weighted by molar-refractivity contribution is 0.522. The standard InChI is InChI=1S/C34H62N8O8S4/c35-25-17-9-1-5-13-21-29-39-51(43,44)33-34(52(45,46)40-30-22-14-6-2-10-18-26-36,53(47,48)41-31-23-15-7-3-11-19-27-37)54(49,50)42-32-24-16-8-4-12-20-28-38/h39-42H,1-24,29-33H2. The van der Waals surface area contributed by atoms with E-state index in [-0.39, 0.29) is 45.4 Å². The van der Waals surface area contributed by atoms with Crippen LogP contribution in [0.1, 0.15) is 154 Å². The highest BCUT2D eigenvalue weighted by molar-refractivity contribution is 8.25. The molecule has 16 nitrogen and oxygen atoms in total. The Labute approximate surface area is 326 Å². The first-order valence-corrected chi connectivity index (χ1v) is 25.2. The third-order valence-electron chi connectivity index (χ3n) is 8.65. The Balaban J connectivity index is 6.47. The summed E-state index contributed by atoms with van der Waals surface area (Å²) >= 11 is 0. The maximum absolute atomic E-state index is 14.2. The van der Waals surface area contributed by atoms with Crippen LogP contribution in [0.15, 0.2) is 0 Å². The molecule has 0 heterocycles. The zero-order valence-corrected chi connectivity index (χ0v) is 35.0. The zero-order valence-electron chi connectivity index (χ0n) is 31.7. The van der Waals surface area contributed by atoms with E-state index in [0.29, 0.717) is 128 Å². The molecule has 0 atom stereocenters. The normalized spacial score (nSPS) is 12.4. The maximum Gasteiger partial charge on any atom is 0.328 e. The van der Waals surface area contributed by atoms with Gasteiger partial charge in [-0.2, -0.15) is 21.0 Å². The van der Waals surface area contributed by atoms with E-state index >= 15 is 0 Å². The van der Waals surface area contributed by atoms with Crippen molar-refractivity contribution in [1.29, 1.82) is 21.0 Å². The number of hydrogen-bond acceptors (Lipinski definition) is 12. The molecule has 0 aliphatic carbocycles. The first kappa shape index (κ1) is 51.6. The van der Waals surface area contributed by atoms with Gasteiger partial charge in [-0.3, -0.25) is 0 Å². The molecule has 54 heavy (non-hydrogen) atoms. The highest BCUT2D eigenvalue weighted by Crippen LogP contribution is 2.32. The molecule has 0 spiro atoms. The van der Waals surface area contributed by atoms with Gasteiger partial charge in [0, 0.05) is 51.9 Å². The average Bonchev–Trinajstić information content (AvgIpc) is 3.11. The molecular formula is C34H62N8O8S4. The molecule has 0 amide bonds. The van der Waals surface area contributed by atoms with Crippen molar-refractivity contribution < 1.29 is 33.7 Å². The van der Waals surface area contributed by atoms with Gasteiger partial charge < -0.3 is 0 Å². The van der Waals surface area contributed by atoms with Gasteiger partial charge in [-0.05, 0) is 51.4 Å². The molecule has 0 aromatic rings. The van der Waals surface area contributed by atoms with Crippen LogP contribution >= 0.6 is 0 Å². The van der Waals surface area contributed by atoms with Gasteiger partial charge in [0.1, 0.15) is 5.75 Å². The fourth-order valence-electron chi connectivity index (χ4n) is 5.56. The number of sulfonamides is 4. The van der Waals surface area contributed by atoms with Crippen LogP contribution in [-0.4, -0.2) is 69.0 Å². The summed E-state index contributed by atoms with van der Waals surface area (Å²) < 4.78 is 117. The SMILES string of the molecule is N#CCCCCCCCNS(=O)(=O)CC(S(=O)(=O)NCCCCCCCC#N)(S(=O)(=O)NCCCCCCCC#N)S(=O)(=O)NCCCCCCCC#N. The van der Waals surface area contributed by atoms with E-state index in [1.807, 2.05) is 24.3 Å². The lowest BCUT2D eigenvalue weighted by Gasteiger charge is -2.32. The Morgan fingerprint density at radius 1 is 0.333 bits per heavy atom. The van der Waals surface area contributed by atoms with Gasteiger partial charge in [0.05, 0.1) is 24.3 Å². The molecular weight excluding hydrogens is 777 g/mol. The monoisotopic (exact) mass is 838 g/mol. The van der Waals surface area contributed by atoms with Gasteiger partial charge in [0.15, 0.2) is 0 Å². The van der Waals surface area contributed by atoms with Crippen molar-refractivity contribution in [3.63, 3.8) is 0 Å². The van der Waals surface area contributed by atoms with Crippen molar-refractivity contribution in [3.8, 4) is 24.3 Å². The summed E-state index contributed by atoms with van der Waals surface area (Å²) in [6.07, 6.45) is 12.7. The molecule has 0 saturated heterocycles. The molecule has 0 unspecified atom stereocenters. The average molecular weight is 839 g/mol. The maximum atomic E-state index is 14.2. The minimum atomic E-state index is -5.50. The fourth-order valence-corrected chi connectivity index (χ4v) is 16.3. The number of hydrogen-bond donors (Lipinski definition) is 4. The van der Waals surface area contributed by atoms with Crippen molar-refractivity contribution in [2.75, 3.05) is 31.9 Å². The third-order valence-corrected chi connectivity index (χ3v) is 19.3. The molecule has 310 valence electrons. The second kappa shape index (κ2) is 29.8. The number of unbranched alkanes of at least 4 members (excludes halogenated alkanes) is 20. The van der Waals surface area contributed by atoms with E-state index < -0.39 is 49.3 Å². The van der Waals surface area contributed by atoms with Crippen molar-refractivity contribution in [2.24, 2.45) is 0 Å². The quantitative estimate of drug-likeness (QED) is 0.0616. The van der Waals surface area contributed by atoms with E-state index in [1.165, 1.54) is 0 Å². The van der Waals surface area contributed by atoms with Crippen LogP contribution in [0.25, 0.3) is 0 Å². The molecule has 0 aromatic heterocycles. The Bertz CT molecular complexity index is 1500. The van der Waals surface area contributed by atoms with E-state index in [2.05, 4.69) is 18.9 Å². The Morgan fingerprint density at radius 3 is 0.815 bits per heavy atom. The van der Waals surface area contributed by atoms with Crippen molar-refractivity contribution in [1.82, 2.24) is 18.9 Å². The third kappa shape index (κ3) is 21.1. The van der Waals surface area contributed by atoms with Crippen LogP contribution in [0.4, 0.5) is 0 Å². The summed E-state index contributed by atoms with van der Waals surface area (Å²) in [5, 5.41) is 34.9. The number of nitrogens with one attached hydrogen (secondary N) is 4. The van der Waals surface area contributed by atoms with Crippen LogP contribution < -0.4 is 18.9 Å². The lowest BCUT2D eigenvalue weighted by Crippen LogP contribution is -2.67. The molecule has 0 aliphatic heterocycles. The predicted molar refractivity (Wildman–Crippen MR) is 209 cm³/mol. The first-order chi connectivity index (χ1) is 25.7. The molecule has 20 heteroatoms. The van der Waals surface area contributed by atoms with E-state index in [1.54, 1.807) is 0 Å². The summed E-state index contributed by atoms with van der Waals surface area (Å²) in [6.45, 7) is -1.23. The molecule has 0 rings (SSSR count). The van der Waals surface area contributed by atoms with Gasteiger partial charge in [0.2, 0.25) is 10.0 Å². The highest BCUT2D eigenvalue weighted by Gasteiger charge is 2.67. The van der Waals surface area contributed by atoms with E-state index in [9.17, 15) is 33.7 Å². The van der Waals surface area contributed by atoms with E-state index in [4.69, 9.17) is 21.0 Å². The summed E-state index contributed by atoms with van der Waals surface area (Å²) in [6, 6.07) is 8.17. The number of rotatable bonds is 37. The smallest absolute Gasteiger partial charge is 0.215 e. The van der Waals surface area contributed by atoms with Crippen molar-refractivity contribution in [3.05, 3.63) is 0 Å². The van der Waals surface area contributed by atoms with Crippen LogP contribution in [0, 0.1) is 45.3 Å². The minimum Gasteiger partial charge on any atom is -0.215 e. The van der Waals surface area contributed by atoms with Gasteiger partial charge in [0.25, 0.3) is 30.1 Å². The Morgan fingerprint density at radius 2 is 0.556 bits per heavy atom. The predicted octanol–water partition coefficient (Wildman–Crippen LogP) is 4.77. The number of nitrogens with zero attached hydrogens (tertiary/aromatic N) is 4. The summed E-state index contributed by atoms with van der Waals surface area (Å²) in [5.41, 5.74) is 0. The summed E-state index contributed by atoms with van der Waals surface area (Å²) in [7, 11) is -21.4. The molecule has 0 radical (unpaired) electrons. The first-order valence-electron chi connectivity index (χ1n) is 19.1. The molecule has 0 fully saturated rings. The minimum absolute atomic E-state index is 0.186. The van der Waals surface area contributed by atoms with Gasteiger partial charge in [-0.1, -0.05) is 77.0 Å². The summed E-state index contributed by atoms with van der Waals surface area (Å²) in [5.74, 6) is -1.82. The molecule has 4 N–H and O–H groups in total. The Kier molecular flexibility index (Phi) is 28.5. The van der Waals surface area contributed by atoms with E-state index in [0.717, 1.165) is 6.42 Å². The summed E-state index contributed by atoms with van der Waals surface area (Å²) in [4.78, 5) is 0. The van der Waals surface area contributed by atoms with Crippen molar-refractivity contribution >= 4 is 40.1 Å². The van der Waals surface area contributed by atoms with Crippen molar-refractivity contribution in [2.45, 2.75) is 158 Å². The highest BCUT2D eigenvalue weighted by atomic mass is 32.3. The Hall–Kier alpha value is -2.40. The largest absolute Gasteiger partial charge is 0.328 e. The lowest BCUT2D eigenvalue weighted by atomic mass is 10.1.